The van der Waals surface area contributed by atoms with E-state index in [-0.39, 0.29) is 16.4 Å². The molecule has 2 rings (SSSR count). The molecule has 0 aromatic carbocycles. The fourth-order valence-corrected chi connectivity index (χ4v) is 2.40. The van der Waals surface area contributed by atoms with Crippen LogP contribution in [0.4, 0.5) is 24.7 Å². The Hall–Kier alpha value is -2.30. The molecule has 2 aromatic rings. The Morgan fingerprint density at radius 1 is 1.25 bits per heavy atom. The van der Waals surface area contributed by atoms with Crippen LogP contribution in [-0.4, -0.2) is 23.6 Å². The van der Waals surface area contributed by atoms with Gasteiger partial charge in [0.15, 0.2) is 0 Å². The molecule has 7 nitrogen and oxygen atoms in total. The molecule has 0 radical (unpaired) electrons. The minimum absolute atomic E-state index is 0.126. The number of pyridine rings is 1. The average molecular weight is 307 g/mol. The number of alkyl halides is 3. The molecule has 4 N–H and O–H groups in total. The Morgan fingerprint density at radius 3 is 2.40 bits per heavy atom. The number of H-pyrrole nitrogens is 1. The molecule has 20 heavy (non-hydrogen) atoms. The SMILES string of the molecule is Nc1[nH]ncc1S(=O)(=O)Nc1ccc(C(F)(F)F)nc1. The van der Waals surface area contributed by atoms with Gasteiger partial charge in [0.1, 0.15) is 16.4 Å². The highest BCUT2D eigenvalue weighted by atomic mass is 32.2. The Kier molecular flexibility index (Phi) is 3.29. The number of aromatic nitrogens is 3. The van der Waals surface area contributed by atoms with Gasteiger partial charge in [-0.05, 0) is 12.1 Å². The fourth-order valence-electron chi connectivity index (χ4n) is 1.33. The minimum atomic E-state index is -4.59. The second-order valence-electron chi connectivity index (χ2n) is 3.68. The van der Waals surface area contributed by atoms with Crippen LogP contribution in [-0.2, 0) is 16.2 Å². The van der Waals surface area contributed by atoms with E-state index < -0.39 is 21.9 Å². The van der Waals surface area contributed by atoms with Gasteiger partial charge >= 0.3 is 6.18 Å². The third kappa shape index (κ3) is 2.82. The maximum Gasteiger partial charge on any atom is 0.433 e. The van der Waals surface area contributed by atoms with Crippen LogP contribution in [0, 0.1) is 0 Å². The summed E-state index contributed by atoms with van der Waals surface area (Å²) in [6.07, 6.45) is -2.85. The van der Waals surface area contributed by atoms with Gasteiger partial charge < -0.3 is 5.73 Å². The number of nitrogens with one attached hydrogen (secondary N) is 2. The maximum atomic E-state index is 12.3. The summed E-state index contributed by atoms with van der Waals surface area (Å²) in [6.45, 7) is 0. The van der Waals surface area contributed by atoms with Gasteiger partial charge in [-0.15, -0.1) is 0 Å². The monoisotopic (exact) mass is 307 g/mol. The minimum Gasteiger partial charge on any atom is -0.383 e. The highest BCUT2D eigenvalue weighted by Gasteiger charge is 2.32. The standard InChI is InChI=1S/C9H8F3N5O2S/c10-9(11,12)7-2-1-5(3-14-7)17-20(18,19)6-4-15-16-8(6)13/h1-4,17H,(H3,13,15,16). The number of rotatable bonds is 3. The van der Waals surface area contributed by atoms with Crippen LogP contribution < -0.4 is 10.5 Å². The van der Waals surface area contributed by atoms with Crippen molar-refractivity contribution in [1.29, 1.82) is 0 Å². The van der Waals surface area contributed by atoms with Gasteiger partial charge in [0.2, 0.25) is 0 Å². The van der Waals surface area contributed by atoms with Crippen LogP contribution in [0.3, 0.4) is 0 Å². The third-order valence-corrected chi connectivity index (χ3v) is 3.64. The van der Waals surface area contributed by atoms with E-state index in [1.807, 2.05) is 4.72 Å². The molecule has 0 aliphatic heterocycles. The molecule has 0 unspecified atom stereocenters. The maximum absolute atomic E-state index is 12.3. The molecule has 2 heterocycles. The van der Waals surface area contributed by atoms with Gasteiger partial charge in [0, 0.05) is 0 Å². The Bertz CT molecular complexity index is 708. The summed E-state index contributed by atoms with van der Waals surface area (Å²) in [4.78, 5) is 2.82. The zero-order valence-corrected chi connectivity index (χ0v) is 10.5. The molecule has 0 saturated carbocycles. The zero-order valence-electron chi connectivity index (χ0n) is 9.64. The van der Waals surface area contributed by atoms with E-state index in [2.05, 4.69) is 15.2 Å². The molecular formula is C9H8F3N5O2S. The smallest absolute Gasteiger partial charge is 0.383 e. The molecule has 0 spiro atoms. The Balaban J connectivity index is 2.25. The molecule has 11 heteroatoms. The summed E-state index contributed by atoms with van der Waals surface area (Å²) >= 11 is 0. The van der Waals surface area contributed by atoms with Gasteiger partial charge in [-0.3, -0.25) is 9.82 Å². The first-order chi connectivity index (χ1) is 9.20. The number of hydrogen-bond acceptors (Lipinski definition) is 5. The molecular weight excluding hydrogens is 299 g/mol. The number of halogens is 3. The molecule has 108 valence electrons. The molecule has 0 atom stereocenters. The van der Waals surface area contributed by atoms with Gasteiger partial charge in [-0.25, -0.2) is 13.4 Å². The van der Waals surface area contributed by atoms with Gasteiger partial charge in [0.25, 0.3) is 10.0 Å². The van der Waals surface area contributed by atoms with Gasteiger partial charge in [-0.2, -0.15) is 18.3 Å². The first-order valence-corrected chi connectivity index (χ1v) is 6.53. The normalized spacial score (nSPS) is 12.3. The topological polar surface area (TPSA) is 114 Å². The zero-order chi connectivity index (χ0) is 15.0. The second kappa shape index (κ2) is 4.67. The van der Waals surface area contributed by atoms with Crippen LogP contribution >= 0.6 is 0 Å². The number of aromatic amines is 1. The van der Waals surface area contributed by atoms with E-state index in [0.717, 1.165) is 18.5 Å². The van der Waals surface area contributed by atoms with E-state index in [1.54, 1.807) is 0 Å². The summed E-state index contributed by atoms with van der Waals surface area (Å²) in [7, 11) is -4.04. The predicted octanol–water partition coefficient (Wildman–Crippen LogP) is 1.21. The van der Waals surface area contributed by atoms with E-state index >= 15 is 0 Å². The van der Waals surface area contributed by atoms with Crippen LogP contribution in [0.2, 0.25) is 0 Å². The summed E-state index contributed by atoms with van der Waals surface area (Å²) < 4.78 is 62.7. The van der Waals surface area contributed by atoms with E-state index in [1.165, 1.54) is 0 Å². The highest BCUT2D eigenvalue weighted by Crippen LogP contribution is 2.28. The quantitative estimate of drug-likeness (QED) is 0.788. The fraction of sp³-hybridized carbons (Fsp3) is 0.111. The van der Waals surface area contributed by atoms with Crippen molar-refractivity contribution in [3.05, 3.63) is 30.2 Å². The van der Waals surface area contributed by atoms with Crippen molar-refractivity contribution >= 4 is 21.5 Å². The Morgan fingerprint density at radius 2 is 1.95 bits per heavy atom. The predicted molar refractivity (Wildman–Crippen MR) is 63.0 cm³/mol. The lowest BCUT2D eigenvalue weighted by molar-refractivity contribution is -0.141. The van der Waals surface area contributed by atoms with Crippen LogP contribution in [0.15, 0.2) is 29.4 Å². The Labute approximate surface area is 111 Å². The summed E-state index contributed by atoms with van der Waals surface area (Å²) in [5.41, 5.74) is 4.11. The van der Waals surface area contributed by atoms with Crippen molar-refractivity contribution in [2.75, 3.05) is 10.5 Å². The molecule has 0 fully saturated rings. The van der Waals surface area contributed by atoms with Crippen molar-refractivity contribution in [2.45, 2.75) is 11.1 Å². The van der Waals surface area contributed by atoms with Crippen LogP contribution in [0.25, 0.3) is 0 Å². The lowest BCUT2D eigenvalue weighted by atomic mass is 10.3. The number of nitrogen functional groups attached to an aromatic ring is 1. The molecule has 0 amide bonds. The average Bonchev–Trinajstić information content (AvgIpc) is 2.75. The number of nitrogens with two attached hydrogens (primary N) is 1. The molecule has 0 saturated heterocycles. The van der Waals surface area contributed by atoms with Crippen molar-refractivity contribution in [1.82, 2.24) is 15.2 Å². The van der Waals surface area contributed by atoms with Crippen molar-refractivity contribution in [3.8, 4) is 0 Å². The highest BCUT2D eigenvalue weighted by molar-refractivity contribution is 7.92. The first-order valence-electron chi connectivity index (χ1n) is 5.05. The van der Waals surface area contributed by atoms with Crippen molar-refractivity contribution in [3.63, 3.8) is 0 Å². The van der Waals surface area contributed by atoms with E-state index in [9.17, 15) is 21.6 Å². The molecule has 0 aliphatic carbocycles. The summed E-state index contributed by atoms with van der Waals surface area (Å²) in [6, 6.07) is 1.61. The third-order valence-electron chi connectivity index (χ3n) is 2.23. The van der Waals surface area contributed by atoms with Gasteiger partial charge in [0.05, 0.1) is 18.1 Å². The lowest BCUT2D eigenvalue weighted by Gasteiger charge is -2.08. The number of sulfonamides is 1. The molecule has 0 bridgehead atoms. The van der Waals surface area contributed by atoms with E-state index in [0.29, 0.717) is 6.07 Å². The summed E-state index contributed by atoms with van der Waals surface area (Å²) in [5, 5.41) is 5.68. The van der Waals surface area contributed by atoms with Crippen LogP contribution in [0.1, 0.15) is 5.69 Å². The lowest BCUT2D eigenvalue weighted by Crippen LogP contribution is -2.15. The van der Waals surface area contributed by atoms with Crippen molar-refractivity contribution in [2.24, 2.45) is 0 Å². The van der Waals surface area contributed by atoms with Crippen molar-refractivity contribution < 1.29 is 21.6 Å². The van der Waals surface area contributed by atoms with Crippen LogP contribution in [0.5, 0.6) is 0 Å². The molecule has 0 aliphatic rings. The number of hydrogen-bond donors (Lipinski definition) is 3. The number of nitrogens with zero attached hydrogens (tertiary/aromatic N) is 2. The van der Waals surface area contributed by atoms with E-state index in [4.69, 9.17) is 5.73 Å². The van der Waals surface area contributed by atoms with Gasteiger partial charge in [-0.1, -0.05) is 0 Å². The second-order valence-corrected chi connectivity index (χ2v) is 5.33. The number of anilines is 2. The largest absolute Gasteiger partial charge is 0.433 e. The molecule has 2 aromatic heterocycles. The first kappa shape index (κ1) is 14.1. The summed E-state index contributed by atoms with van der Waals surface area (Å²) in [5.74, 6) is -0.183.